The van der Waals surface area contributed by atoms with Crippen LogP contribution >= 0.6 is 0 Å². The maximum Gasteiger partial charge on any atom is 0.306 e. The van der Waals surface area contributed by atoms with Crippen LogP contribution in [0.3, 0.4) is 0 Å². The van der Waals surface area contributed by atoms with Gasteiger partial charge in [0, 0.05) is 19.3 Å². The van der Waals surface area contributed by atoms with Crippen molar-refractivity contribution >= 4 is 17.9 Å². The van der Waals surface area contributed by atoms with E-state index >= 15 is 0 Å². The van der Waals surface area contributed by atoms with E-state index in [0.29, 0.717) is 25.7 Å². The number of carbonyl (C=O) groups is 3. The van der Waals surface area contributed by atoms with E-state index in [1.807, 2.05) is 0 Å². The minimum absolute atomic E-state index is 0.105. The van der Waals surface area contributed by atoms with Crippen molar-refractivity contribution in [2.75, 3.05) is 13.2 Å². The Labute approximate surface area is 437 Å². The third-order valence-corrected chi connectivity index (χ3v) is 11.9. The Balaban J connectivity index is 4.50. The number of rotatable bonds is 51. The quantitative estimate of drug-likeness (QED) is 0.0261. The van der Waals surface area contributed by atoms with E-state index in [-0.39, 0.29) is 31.1 Å². The monoisotopic (exact) mass is 983 g/mol. The molecule has 0 saturated heterocycles. The van der Waals surface area contributed by atoms with Crippen LogP contribution in [0.4, 0.5) is 0 Å². The fourth-order valence-corrected chi connectivity index (χ4v) is 7.56. The molecule has 402 valence electrons. The van der Waals surface area contributed by atoms with Gasteiger partial charge in [-0.25, -0.2) is 0 Å². The molecule has 0 heterocycles. The minimum atomic E-state index is -0.810. The highest BCUT2D eigenvalue weighted by Gasteiger charge is 2.19. The van der Waals surface area contributed by atoms with Gasteiger partial charge in [-0.1, -0.05) is 219 Å². The van der Waals surface area contributed by atoms with Gasteiger partial charge < -0.3 is 14.2 Å². The summed E-state index contributed by atoms with van der Waals surface area (Å²) in [5.74, 6) is -0.972. The van der Waals surface area contributed by atoms with E-state index in [9.17, 15) is 14.4 Å². The number of unbranched alkanes of at least 4 members (excludes halogenated alkanes) is 20. The van der Waals surface area contributed by atoms with E-state index in [4.69, 9.17) is 14.2 Å². The zero-order valence-electron chi connectivity index (χ0n) is 45.9. The molecule has 0 aliphatic rings. The molecule has 0 aromatic heterocycles. The number of carbonyl (C=O) groups excluding carboxylic acids is 3. The van der Waals surface area contributed by atoms with E-state index in [0.717, 1.165) is 128 Å². The average Bonchev–Trinajstić information content (AvgIpc) is 3.37. The summed E-state index contributed by atoms with van der Waals surface area (Å²) in [6, 6.07) is 0. The number of esters is 3. The molecular weight excluding hydrogens is 877 g/mol. The van der Waals surface area contributed by atoms with Gasteiger partial charge in [0.05, 0.1) is 0 Å². The summed E-state index contributed by atoms with van der Waals surface area (Å²) < 4.78 is 16.8. The topological polar surface area (TPSA) is 78.9 Å². The summed E-state index contributed by atoms with van der Waals surface area (Å²) >= 11 is 0. The largest absolute Gasteiger partial charge is 0.462 e. The smallest absolute Gasteiger partial charge is 0.306 e. The van der Waals surface area contributed by atoms with E-state index in [1.165, 1.54) is 77.0 Å². The fraction of sp³-hybridized carbons (Fsp3) is 0.646. The van der Waals surface area contributed by atoms with Crippen LogP contribution in [0.15, 0.2) is 122 Å². The van der Waals surface area contributed by atoms with Gasteiger partial charge in [0.1, 0.15) is 13.2 Å². The second-order valence-electron chi connectivity index (χ2n) is 18.8. The summed E-state index contributed by atoms with van der Waals surface area (Å²) in [7, 11) is 0. The molecule has 71 heavy (non-hydrogen) atoms. The van der Waals surface area contributed by atoms with Gasteiger partial charge in [0.25, 0.3) is 0 Å². The molecule has 0 bridgehead atoms. The lowest BCUT2D eigenvalue weighted by atomic mass is 10.1. The molecule has 6 nitrogen and oxygen atoms in total. The highest BCUT2D eigenvalue weighted by Crippen LogP contribution is 2.13. The predicted molar refractivity (Wildman–Crippen MR) is 306 cm³/mol. The van der Waals surface area contributed by atoms with Crippen molar-refractivity contribution in [1.29, 1.82) is 0 Å². The fourth-order valence-electron chi connectivity index (χ4n) is 7.56. The Morgan fingerprint density at radius 1 is 0.296 bits per heavy atom. The Hall–Kier alpha value is -4.19. The van der Waals surface area contributed by atoms with Gasteiger partial charge in [0.15, 0.2) is 6.10 Å². The van der Waals surface area contributed by atoms with Crippen molar-refractivity contribution in [3.8, 4) is 0 Å². The number of hydrogen-bond acceptors (Lipinski definition) is 6. The second-order valence-corrected chi connectivity index (χ2v) is 18.8. The van der Waals surface area contributed by atoms with Crippen LogP contribution in [0.2, 0.25) is 0 Å². The van der Waals surface area contributed by atoms with E-state index in [2.05, 4.69) is 142 Å². The van der Waals surface area contributed by atoms with Crippen molar-refractivity contribution in [2.45, 2.75) is 258 Å². The normalized spacial score (nSPS) is 13.0. The number of hydrogen-bond donors (Lipinski definition) is 0. The van der Waals surface area contributed by atoms with Crippen molar-refractivity contribution in [3.05, 3.63) is 122 Å². The molecule has 0 spiro atoms. The molecule has 0 aromatic rings. The molecule has 0 rings (SSSR count). The first kappa shape index (κ1) is 66.8. The Kier molecular flexibility index (Phi) is 54.9. The van der Waals surface area contributed by atoms with Gasteiger partial charge in [0.2, 0.25) is 0 Å². The molecule has 0 amide bonds. The van der Waals surface area contributed by atoms with Crippen LogP contribution in [0.1, 0.15) is 252 Å². The molecule has 0 fully saturated rings. The second kappa shape index (κ2) is 58.4. The summed E-state index contributed by atoms with van der Waals surface area (Å²) in [5.41, 5.74) is 0. The molecule has 0 aliphatic carbocycles. The average molecular weight is 984 g/mol. The molecule has 6 heteroatoms. The van der Waals surface area contributed by atoms with E-state index in [1.54, 1.807) is 0 Å². The lowest BCUT2D eigenvalue weighted by Crippen LogP contribution is -2.30. The predicted octanol–water partition coefficient (Wildman–Crippen LogP) is 19.6. The van der Waals surface area contributed by atoms with Crippen LogP contribution in [0.5, 0.6) is 0 Å². The first-order chi connectivity index (χ1) is 35.0. The van der Waals surface area contributed by atoms with Crippen LogP contribution in [-0.4, -0.2) is 37.2 Å². The highest BCUT2D eigenvalue weighted by molar-refractivity contribution is 5.71. The molecule has 1 unspecified atom stereocenters. The van der Waals surface area contributed by atoms with Crippen LogP contribution in [-0.2, 0) is 28.6 Å². The van der Waals surface area contributed by atoms with Gasteiger partial charge >= 0.3 is 17.9 Å². The van der Waals surface area contributed by atoms with Gasteiger partial charge in [-0.15, -0.1) is 0 Å². The van der Waals surface area contributed by atoms with Crippen molar-refractivity contribution < 1.29 is 28.6 Å². The van der Waals surface area contributed by atoms with E-state index < -0.39 is 6.10 Å². The number of allylic oxidation sites excluding steroid dienone is 20. The van der Waals surface area contributed by atoms with Crippen LogP contribution in [0, 0.1) is 0 Å². The molecule has 0 radical (unpaired) electrons. The molecule has 0 saturated carbocycles. The lowest BCUT2D eigenvalue weighted by Gasteiger charge is -2.18. The SMILES string of the molecule is CC/C=C\C/C=C\C/C=C\C/C=C\C/C=C\C/C=C\CCCCC(=O)OCC(COC(=O)CCCCCCC/C=C\CCCCCC)OC(=O)CCCCCCCC/C=C\C/C=C\C/C=C\CCCCC. The van der Waals surface area contributed by atoms with Crippen molar-refractivity contribution in [3.63, 3.8) is 0 Å². The first-order valence-corrected chi connectivity index (χ1v) is 29.0. The van der Waals surface area contributed by atoms with Crippen molar-refractivity contribution in [2.24, 2.45) is 0 Å². The zero-order chi connectivity index (χ0) is 51.4. The maximum absolute atomic E-state index is 12.9. The summed E-state index contributed by atoms with van der Waals surface area (Å²) in [6.45, 7) is 6.42. The minimum Gasteiger partial charge on any atom is -0.462 e. The van der Waals surface area contributed by atoms with Gasteiger partial charge in [-0.3, -0.25) is 14.4 Å². The first-order valence-electron chi connectivity index (χ1n) is 29.0. The Morgan fingerprint density at radius 2 is 0.549 bits per heavy atom. The third-order valence-electron chi connectivity index (χ3n) is 11.9. The molecule has 0 aliphatic heterocycles. The lowest BCUT2D eigenvalue weighted by molar-refractivity contribution is -0.167. The Morgan fingerprint density at radius 3 is 0.930 bits per heavy atom. The molecule has 0 N–H and O–H groups in total. The Bertz CT molecular complexity index is 1500. The van der Waals surface area contributed by atoms with Gasteiger partial charge in [-0.05, 0) is 135 Å². The summed E-state index contributed by atoms with van der Waals surface area (Å²) in [5, 5.41) is 0. The standard InChI is InChI=1S/C65H106O6/c1-4-7-10-13-16-19-22-25-27-29-31-32-34-35-37-40-43-46-49-52-55-58-64(67)70-61-62(60-69-63(66)57-54-51-48-45-42-39-24-21-18-15-12-9-6-3)71-65(68)59-56-53-50-47-44-41-38-36-33-30-28-26-23-20-17-14-11-8-5-2/h7,10,16-17,19-21,24-28,31-33,35-37,43,46,62H,4-6,8-9,11-15,18,22-23,29-30,34,38-42,44-45,47-61H2,1-3H3/b10-7-,19-16-,20-17-,24-21-,27-25-,28-26-,32-31-,36-33-,37-35-,46-43-. The highest BCUT2D eigenvalue weighted by atomic mass is 16.6. The summed E-state index contributed by atoms with van der Waals surface area (Å²) in [6.07, 6.45) is 80.4. The summed E-state index contributed by atoms with van der Waals surface area (Å²) in [4.78, 5) is 38.2. The molecular formula is C65H106O6. The molecule has 0 aromatic carbocycles. The maximum atomic E-state index is 12.9. The zero-order valence-corrected chi connectivity index (χ0v) is 45.9. The van der Waals surface area contributed by atoms with Crippen LogP contribution < -0.4 is 0 Å². The third kappa shape index (κ3) is 56.6. The molecule has 1 atom stereocenters. The van der Waals surface area contributed by atoms with Crippen molar-refractivity contribution in [1.82, 2.24) is 0 Å². The van der Waals surface area contributed by atoms with Crippen LogP contribution in [0.25, 0.3) is 0 Å². The van der Waals surface area contributed by atoms with Gasteiger partial charge in [-0.2, -0.15) is 0 Å². The number of ether oxygens (including phenoxy) is 3.